The van der Waals surface area contributed by atoms with Crippen molar-refractivity contribution in [2.45, 2.75) is 20.8 Å². The Morgan fingerprint density at radius 1 is 0.897 bits per heavy atom. The summed E-state index contributed by atoms with van der Waals surface area (Å²) < 4.78 is 6.09. The second kappa shape index (κ2) is 7.85. The first-order chi connectivity index (χ1) is 13.9. The van der Waals surface area contributed by atoms with Crippen LogP contribution in [0.4, 0.5) is 5.95 Å². The monoisotopic (exact) mass is 424 g/mol. The van der Waals surface area contributed by atoms with E-state index < -0.39 is 0 Å². The van der Waals surface area contributed by atoms with E-state index in [2.05, 4.69) is 20.5 Å². The number of nitrogens with zero attached hydrogens (tertiary/aromatic N) is 3. The number of nitrogens with one attached hydrogen (secondary N) is 1. The van der Waals surface area contributed by atoms with Gasteiger partial charge >= 0.3 is 0 Å². The lowest BCUT2D eigenvalue weighted by Gasteiger charge is -2.08. The molecule has 2 aromatic heterocycles. The highest BCUT2D eigenvalue weighted by molar-refractivity contribution is 6.38. The zero-order valence-electron chi connectivity index (χ0n) is 16.1. The van der Waals surface area contributed by atoms with Crippen molar-refractivity contribution in [3.63, 3.8) is 0 Å². The molecule has 2 aromatic carbocycles. The van der Waals surface area contributed by atoms with E-state index in [-0.39, 0.29) is 0 Å². The zero-order chi connectivity index (χ0) is 20.5. The van der Waals surface area contributed by atoms with Crippen LogP contribution in [0.5, 0.6) is 0 Å². The predicted octanol–water partition coefficient (Wildman–Crippen LogP) is 6.05. The van der Waals surface area contributed by atoms with Crippen LogP contribution in [0.25, 0.3) is 22.3 Å². The maximum Gasteiger partial charge on any atom is 0.243 e. The Kier molecular flexibility index (Phi) is 5.26. The molecule has 5 nitrogen and oxygen atoms in total. The van der Waals surface area contributed by atoms with E-state index in [0.29, 0.717) is 38.1 Å². The number of aryl methyl sites for hydroxylation is 3. The summed E-state index contributed by atoms with van der Waals surface area (Å²) in [6, 6.07) is 15.2. The van der Waals surface area contributed by atoms with Gasteiger partial charge in [-0.1, -0.05) is 53.0 Å². The zero-order valence-corrected chi connectivity index (χ0v) is 17.6. The molecule has 4 rings (SSSR count). The molecule has 0 aliphatic carbocycles. The van der Waals surface area contributed by atoms with Crippen LogP contribution in [-0.2, 0) is 0 Å². The van der Waals surface area contributed by atoms with Gasteiger partial charge in [0.1, 0.15) is 5.76 Å². The minimum Gasteiger partial charge on any atom is -0.454 e. The standard InChI is InChI=1S/C22H18Cl2N4O/c1-12-4-6-15(7-5-12)20-11-19(17-9-16(23)10-18(24)21(17)29-20)27-28-22-25-13(2)8-14(3)26-22/h4-11H,1-3H3,(H,25,26,28). The molecular formula is C22H18Cl2N4O. The van der Waals surface area contributed by atoms with Crippen LogP contribution in [0.3, 0.4) is 0 Å². The molecule has 0 spiro atoms. The Morgan fingerprint density at radius 3 is 2.28 bits per heavy atom. The lowest BCUT2D eigenvalue weighted by molar-refractivity contribution is 0.618. The smallest absolute Gasteiger partial charge is 0.243 e. The first-order valence-corrected chi connectivity index (χ1v) is 9.76. The van der Waals surface area contributed by atoms with Gasteiger partial charge in [-0.15, -0.1) is 0 Å². The van der Waals surface area contributed by atoms with Gasteiger partial charge in [0, 0.05) is 33.4 Å². The Balaban J connectivity index is 1.91. The summed E-state index contributed by atoms with van der Waals surface area (Å²) in [5.74, 6) is 1.06. The summed E-state index contributed by atoms with van der Waals surface area (Å²) >= 11 is 12.6. The first-order valence-electron chi connectivity index (χ1n) is 9.01. The molecular weight excluding hydrogens is 407 g/mol. The van der Waals surface area contributed by atoms with E-state index in [1.807, 2.05) is 57.2 Å². The van der Waals surface area contributed by atoms with Gasteiger partial charge in [0.25, 0.3) is 0 Å². The maximum atomic E-state index is 6.41. The van der Waals surface area contributed by atoms with E-state index in [1.165, 1.54) is 0 Å². The van der Waals surface area contributed by atoms with Crippen molar-refractivity contribution in [1.82, 2.24) is 9.97 Å². The molecule has 0 atom stereocenters. The van der Waals surface area contributed by atoms with Crippen molar-refractivity contribution < 1.29 is 4.42 Å². The lowest BCUT2D eigenvalue weighted by atomic mass is 10.1. The number of anilines is 1. The molecule has 0 aliphatic rings. The summed E-state index contributed by atoms with van der Waals surface area (Å²) in [7, 11) is 0. The maximum absolute atomic E-state index is 6.41. The summed E-state index contributed by atoms with van der Waals surface area (Å²) in [4.78, 5) is 8.73. The number of fused-ring (bicyclic) bond motifs is 1. The average molecular weight is 425 g/mol. The van der Waals surface area contributed by atoms with Crippen LogP contribution in [0, 0.1) is 20.8 Å². The topological polar surface area (TPSA) is 63.3 Å². The van der Waals surface area contributed by atoms with E-state index in [4.69, 9.17) is 27.6 Å². The molecule has 1 N–H and O–H groups in total. The second-order valence-electron chi connectivity index (χ2n) is 6.82. The summed E-state index contributed by atoms with van der Waals surface area (Å²) in [5, 5.41) is 6.75. The third-order valence-corrected chi connectivity index (χ3v) is 4.86. The molecule has 0 radical (unpaired) electrons. The number of hydrogen-bond donors (Lipinski definition) is 1. The Labute approximate surface area is 178 Å². The van der Waals surface area contributed by atoms with Gasteiger partial charge in [-0.2, -0.15) is 5.10 Å². The molecule has 2 heterocycles. The van der Waals surface area contributed by atoms with Crippen LogP contribution in [0.1, 0.15) is 17.0 Å². The number of aromatic nitrogens is 2. The molecule has 0 saturated heterocycles. The molecule has 4 aromatic rings. The molecule has 0 amide bonds. The molecule has 0 aliphatic heterocycles. The average Bonchev–Trinajstić information content (AvgIpc) is 2.66. The van der Waals surface area contributed by atoms with Gasteiger partial charge in [0.05, 0.1) is 10.4 Å². The fourth-order valence-electron chi connectivity index (χ4n) is 3.03. The molecule has 0 unspecified atom stereocenters. The van der Waals surface area contributed by atoms with Crippen LogP contribution in [0.2, 0.25) is 10.0 Å². The molecule has 0 saturated carbocycles. The normalized spacial score (nSPS) is 11.8. The Bertz CT molecular complexity index is 1260. The summed E-state index contributed by atoms with van der Waals surface area (Å²) in [5.41, 5.74) is 7.24. The molecule has 146 valence electrons. The Morgan fingerprint density at radius 2 is 1.59 bits per heavy atom. The van der Waals surface area contributed by atoms with E-state index >= 15 is 0 Å². The van der Waals surface area contributed by atoms with E-state index in [9.17, 15) is 0 Å². The van der Waals surface area contributed by atoms with Crippen molar-refractivity contribution in [1.29, 1.82) is 0 Å². The Hall–Kier alpha value is -2.89. The van der Waals surface area contributed by atoms with Gasteiger partial charge < -0.3 is 4.42 Å². The van der Waals surface area contributed by atoms with Crippen molar-refractivity contribution >= 4 is 40.1 Å². The highest BCUT2D eigenvalue weighted by Crippen LogP contribution is 2.30. The molecule has 7 heteroatoms. The van der Waals surface area contributed by atoms with Crippen molar-refractivity contribution in [2.75, 3.05) is 5.43 Å². The number of hydrogen-bond acceptors (Lipinski definition) is 5. The quantitative estimate of drug-likeness (QED) is 0.406. The minimum atomic E-state index is 0.417. The van der Waals surface area contributed by atoms with Crippen LogP contribution >= 0.6 is 23.2 Å². The number of benzene rings is 2. The first kappa shape index (κ1) is 19.4. The van der Waals surface area contributed by atoms with Gasteiger partial charge in [0.2, 0.25) is 5.95 Å². The van der Waals surface area contributed by atoms with Crippen LogP contribution in [-0.4, -0.2) is 9.97 Å². The van der Waals surface area contributed by atoms with Gasteiger partial charge in [-0.05, 0) is 39.0 Å². The SMILES string of the molecule is Cc1ccc(-c2cc(=NNc3nc(C)cc(C)n3)c3cc(Cl)cc(Cl)c3o2)cc1. The number of rotatable bonds is 3. The van der Waals surface area contributed by atoms with Gasteiger partial charge in [-0.25, -0.2) is 15.4 Å². The minimum absolute atomic E-state index is 0.417. The van der Waals surface area contributed by atoms with Crippen molar-refractivity contribution in [2.24, 2.45) is 5.10 Å². The van der Waals surface area contributed by atoms with Crippen molar-refractivity contribution in [3.8, 4) is 11.3 Å². The van der Waals surface area contributed by atoms with E-state index in [0.717, 1.165) is 22.5 Å². The highest BCUT2D eigenvalue weighted by atomic mass is 35.5. The van der Waals surface area contributed by atoms with Crippen LogP contribution < -0.4 is 10.8 Å². The third kappa shape index (κ3) is 4.26. The third-order valence-electron chi connectivity index (χ3n) is 4.36. The molecule has 0 fully saturated rings. The van der Waals surface area contributed by atoms with Gasteiger partial charge in [-0.3, -0.25) is 0 Å². The summed E-state index contributed by atoms with van der Waals surface area (Å²) in [6.07, 6.45) is 0. The fourth-order valence-corrected chi connectivity index (χ4v) is 3.57. The lowest BCUT2D eigenvalue weighted by Crippen LogP contribution is -2.09. The predicted molar refractivity (Wildman–Crippen MR) is 117 cm³/mol. The highest BCUT2D eigenvalue weighted by Gasteiger charge is 2.11. The van der Waals surface area contributed by atoms with Crippen LogP contribution in [0.15, 0.2) is 58.0 Å². The summed E-state index contributed by atoms with van der Waals surface area (Å²) in [6.45, 7) is 5.85. The molecule has 0 bridgehead atoms. The van der Waals surface area contributed by atoms with Crippen molar-refractivity contribution in [3.05, 3.63) is 80.9 Å². The molecule has 29 heavy (non-hydrogen) atoms. The van der Waals surface area contributed by atoms with E-state index in [1.54, 1.807) is 12.1 Å². The van der Waals surface area contributed by atoms with Gasteiger partial charge in [0.15, 0.2) is 5.58 Å². The largest absolute Gasteiger partial charge is 0.454 e. The second-order valence-corrected chi connectivity index (χ2v) is 7.67. The fraction of sp³-hybridized carbons (Fsp3) is 0.136. The number of halogens is 2.